The van der Waals surface area contributed by atoms with Crippen LogP contribution in [0.25, 0.3) is 5.65 Å². The highest BCUT2D eigenvalue weighted by molar-refractivity contribution is 9.10. The highest BCUT2D eigenvalue weighted by Gasteiger charge is 2.17. The number of carbonyl (C=O) groups is 1. The second-order valence-corrected chi connectivity index (χ2v) is 5.69. The van der Waals surface area contributed by atoms with Gasteiger partial charge in [0.2, 0.25) is 5.95 Å². The van der Waals surface area contributed by atoms with Crippen LogP contribution in [0.4, 0.5) is 11.6 Å². The Morgan fingerprint density at radius 2 is 2.09 bits per heavy atom. The van der Waals surface area contributed by atoms with E-state index in [4.69, 9.17) is 0 Å². The zero-order chi connectivity index (χ0) is 16.6. The van der Waals surface area contributed by atoms with Gasteiger partial charge in [0.25, 0.3) is 11.6 Å². The number of nitro benzene ring substituents is 1. The Kier molecular flexibility index (Phi) is 3.78. The van der Waals surface area contributed by atoms with E-state index in [1.54, 1.807) is 10.6 Å². The van der Waals surface area contributed by atoms with Crippen LogP contribution in [0, 0.1) is 17.0 Å². The van der Waals surface area contributed by atoms with Gasteiger partial charge in [0, 0.05) is 17.8 Å². The van der Waals surface area contributed by atoms with Crippen LogP contribution < -0.4 is 5.32 Å². The first-order chi connectivity index (χ1) is 11.0. The largest absolute Gasteiger partial charge is 0.290 e. The molecular weight excluding hydrogens is 366 g/mol. The van der Waals surface area contributed by atoms with Crippen molar-refractivity contribution in [1.82, 2.24) is 14.6 Å². The summed E-state index contributed by atoms with van der Waals surface area (Å²) in [4.78, 5) is 22.7. The van der Waals surface area contributed by atoms with Gasteiger partial charge in [-0.05, 0) is 52.7 Å². The van der Waals surface area contributed by atoms with E-state index in [-0.39, 0.29) is 17.2 Å². The van der Waals surface area contributed by atoms with Crippen molar-refractivity contribution >= 4 is 39.1 Å². The van der Waals surface area contributed by atoms with Crippen LogP contribution >= 0.6 is 15.9 Å². The number of nitro groups is 1. The number of aryl methyl sites for hydroxylation is 1. The van der Waals surface area contributed by atoms with Crippen molar-refractivity contribution < 1.29 is 9.72 Å². The Labute approximate surface area is 138 Å². The number of aromatic nitrogens is 3. The fraction of sp³-hybridized carbons (Fsp3) is 0.0714. The van der Waals surface area contributed by atoms with E-state index in [1.807, 2.05) is 19.1 Å². The average Bonchev–Trinajstić information content (AvgIpc) is 2.89. The number of amides is 1. The molecular formula is C14H10BrN5O3. The molecule has 3 rings (SSSR count). The maximum Gasteiger partial charge on any atom is 0.284 e. The molecule has 23 heavy (non-hydrogen) atoms. The molecule has 0 bridgehead atoms. The minimum absolute atomic E-state index is 0.156. The minimum atomic E-state index is -0.559. The maximum absolute atomic E-state index is 12.3. The lowest BCUT2D eigenvalue weighted by atomic mass is 10.2. The van der Waals surface area contributed by atoms with Gasteiger partial charge in [0.15, 0.2) is 5.65 Å². The molecule has 0 radical (unpaired) electrons. The number of fused-ring (bicyclic) bond motifs is 1. The Morgan fingerprint density at radius 3 is 2.83 bits per heavy atom. The molecule has 1 N–H and O–H groups in total. The van der Waals surface area contributed by atoms with Gasteiger partial charge in [0.1, 0.15) is 0 Å². The van der Waals surface area contributed by atoms with Gasteiger partial charge in [0.05, 0.1) is 9.40 Å². The summed E-state index contributed by atoms with van der Waals surface area (Å²) in [6, 6.07) is 7.83. The van der Waals surface area contributed by atoms with E-state index < -0.39 is 10.8 Å². The van der Waals surface area contributed by atoms with E-state index >= 15 is 0 Å². The molecule has 1 amide bonds. The lowest BCUT2D eigenvalue weighted by Crippen LogP contribution is -2.14. The van der Waals surface area contributed by atoms with E-state index in [0.717, 1.165) is 5.56 Å². The number of nitrogens with one attached hydrogen (secondary N) is 1. The van der Waals surface area contributed by atoms with Crippen molar-refractivity contribution in [1.29, 1.82) is 0 Å². The zero-order valence-electron chi connectivity index (χ0n) is 11.9. The Balaban J connectivity index is 1.92. The second kappa shape index (κ2) is 5.76. The van der Waals surface area contributed by atoms with Gasteiger partial charge < -0.3 is 0 Å². The van der Waals surface area contributed by atoms with Crippen molar-refractivity contribution in [3.63, 3.8) is 0 Å². The van der Waals surface area contributed by atoms with E-state index in [9.17, 15) is 14.9 Å². The highest BCUT2D eigenvalue weighted by Crippen LogP contribution is 2.26. The molecule has 8 nitrogen and oxygen atoms in total. The first-order valence-electron chi connectivity index (χ1n) is 6.52. The van der Waals surface area contributed by atoms with Gasteiger partial charge in [-0.2, -0.15) is 0 Å². The lowest BCUT2D eigenvalue weighted by molar-refractivity contribution is -0.385. The molecule has 0 saturated carbocycles. The number of anilines is 1. The summed E-state index contributed by atoms with van der Waals surface area (Å²) in [5.74, 6) is -0.258. The second-order valence-electron chi connectivity index (χ2n) is 4.83. The molecule has 9 heteroatoms. The number of hydrogen-bond acceptors (Lipinski definition) is 5. The molecule has 0 saturated heterocycles. The van der Waals surface area contributed by atoms with E-state index in [1.165, 1.54) is 18.2 Å². The fourth-order valence-electron chi connectivity index (χ4n) is 2.05. The number of hydrogen-bond donors (Lipinski definition) is 1. The average molecular weight is 376 g/mol. The fourth-order valence-corrected chi connectivity index (χ4v) is 2.44. The maximum atomic E-state index is 12.3. The van der Waals surface area contributed by atoms with Crippen LogP contribution in [-0.4, -0.2) is 25.4 Å². The smallest absolute Gasteiger partial charge is 0.284 e. The summed E-state index contributed by atoms with van der Waals surface area (Å²) in [5.41, 5.74) is 1.59. The van der Waals surface area contributed by atoms with Crippen LogP contribution in [0.15, 0.2) is 41.0 Å². The number of carbonyl (C=O) groups excluding carboxylic acids is 1. The molecule has 0 unspecified atom stereocenters. The molecule has 1 aromatic carbocycles. The normalized spacial score (nSPS) is 10.7. The SMILES string of the molecule is Cc1ccn2c(NC(=O)c3ccc(Br)c([N+](=O)[O-])c3)nnc2c1. The topological polar surface area (TPSA) is 102 Å². The van der Waals surface area contributed by atoms with E-state index in [2.05, 4.69) is 31.4 Å². The molecule has 2 heterocycles. The molecule has 0 aliphatic heterocycles. The number of pyridine rings is 1. The standard InChI is InChI=1S/C14H10BrN5O3/c1-8-4-5-19-12(6-8)17-18-14(19)16-13(21)9-2-3-10(15)11(7-9)20(22)23/h2-7H,1H3,(H,16,18,21). The van der Waals surface area contributed by atoms with Crippen molar-refractivity contribution in [2.75, 3.05) is 5.32 Å². The summed E-state index contributed by atoms with van der Waals surface area (Å²) in [6.07, 6.45) is 1.74. The third-order valence-corrected chi connectivity index (χ3v) is 3.87. The summed E-state index contributed by atoms with van der Waals surface area (Å²) in [5, 5.41) is 21.4. The zero-order valence-corrected chi connectivity index (χ0v) is 13.4. The van der Waals surface area contributed by atoms with Gasteiger partial charge >= 0.3 is 0 Å². The summed E-state index contributed by atoms with van der Waals surface area (Å²) >= 11 is 3.08. The number of nitrogens with zero attached hydrogens (tertiary/aromatic N) is 4. The first kappa shape index (κ1) is 15.1. The third-order valence-electron chi connectivity index (χ3n) is 3.20. The van der Waals surface area contributed by atoms with E-state index in [0.29, 0.717) is 10.1 Å². The molecule has 0 aliphatic carbocycles. The van der Waals surface area contributed by atoms with Crippen LogP contribution in [0.3, 0.4) is 0 Å². The van der Waals surface area contributed by atoms with Crippen molar-refractivity contribution in [2.45, 2.75) is 6.92 Å². The summed E-state index contributed by atoms with van der Waals surface area (Å²) < 4.78 is 1.93. The van der Waals surface area contributed by atoms with Gasteiger partial charge in [-0.15, -0.1) is 10.2 Å². The van der Waals surface area contributed by atoms with Crippen LogP contribution in [-0.2, 0) is 0 Å². The summed E-state index contributed by atoms with van der Waals surface area (Å²) in [6.45, 7) is 1.92. The highest BCUT2D eigenvalue weighted by atomic mass is 79.9. The van der Waals surface area contributed by atoms with Gasteiger partial charge in [-0.3, -0.25) is 24.6 Å². The molecule has 116 valence electrons. The van der Waals surface area contributed by atoms with Gasteiger partial charge in [-0.1, -0.05) is 0 Å². The molecule has 2 aromatic heterocycles. The number of rotatable bonds is 3. The molecule has 3 aromatic rings. The molecule has 0 atom stereocenters. The molecule has 0 spiro atoms. The van der Waals surface area contributed by atoms with Crippen LogP contribution in [0.5, 0.6) is 0 Å². The number of benzene rings is 1. The molecule has 0 aliphatic rings. The first-order valence-corrected chi connectivity index (χ1v) is 7.31. The minimum Gasteiger partial charge on any atom is -0.290 e. The summed E-state index contributed by atoms with van der Waals surface area (Å²) in [7, 11) is 0. The van der Waals surface area contributed by atoms with Crippen LogP contribution in [0.2, 0.25) is 0 Å². The Bertz CT molecular complexity index is 937. The Hall–Kier alpha value is -2.81. The van der Waals surface area contributed by atoms with Crippen LogP contribution in [0.1, 0.15) is 15.9 Å². The van der Waals surface area contributed by atoms with Gasteiger partial charge in [-0.25, -0.2) is 0 Å². The van der Waals surface area contributed by atoms with Crippen molar-refractivity contribution in [3.8, 4) is 0 Å². The quantitative estimate of drug-likeness (QED) is 0.559. The monoisotopic (exact) mass is 375 g/mol. The predicted molar refractivity (Wildman–Crippen MR) is 86.5 cm³/mol. The molecule has 0 fully saturated rings. The number of halogens is 1. The predicted octanol–water partition coefficient (Wildman–Crippen LogP) is 2.96. The Morgan fingerprint density at radius 1 is 1.30 bits per heavy atom. The van der Waals surface area contributed by atoms with Crippen molar-refractivity contribution in [3.05, 3.63) is 62.2 Å². The van der Waals surface area contributed by atoms with Crippen molar-refractivity contribution in [2.24, 2.45) is 0 Å². The third kappa shape index (κ3) is 2.90. The lowest BCUT2D eigenvalue weighted by Gasteiger charge is -2.04.